The van der Waals surface area contributed by atoms with Gasteiger partial charge in [-0.15, -0.1) is 0 Å². The van der Waals surface area contributed by atoms with Crippen molar-refractivity contribution in [1.82, 2.24) is 4.90 Å². The molecular weight excluding hydrogens is 158 g/mol. The van der Waals surface area contributed by atoms with Crippen molar-refractivity contribution in [2.45, 2.75) is 32.7 Å². The SMILES string of the molecule is CC[C@H](C)N(C)C(=O)CCS. The van der Waals surface area contributed by atoms with Crippen molar-refractivity contribution in [2.75, 3.05) is 12.8 Å². The average Bonchev–Trinajstić information content (AvgIpc) is 2.02. The molecule has 1 atom stereocenters. The highest BCUT2D eigenvalue weighted by molar-refractivity contribution is 7.80. The molecule has 0 saturated heterocycles. The van der Waals surface area contributed by atoms with Gasteiger partial charge < -0.3 is 4.90 Å². The summed E-state index contributed by atoms with van der Waals surface area (Å²) >= 11 is 4.00. The zero-order chi connectivity index (χ0) is 8.85. The third-order valence-electron chi connectivity index (χ3n) is 1.97. The second kappa shape index (κ2) is 5.47. The van der Waals surface area contributed by atoms with Crippen molar-refractivity contribution in [3.05, 3.63) is 0 Å². The Hall–Kier alpha value is -0.180. The van der Waals surface area contributed by atoms with Crippen LogP contribution in [0.3, 0.4) is 0 Å². The molecule has 0 aliphatic carbocycles. The van der Waals surface area contributed by atoms with Gasteiger partial charge in [-0.05, 0) is 19.1 Å². The van der Waals surface area contributed by atoms with Crippen LogP contribution < -0.4 is 0 Å². The smallest absolute Gasteiger partial charge is 0.223 e. The van der Waals surface area contributed by atoms with Crippen LogP contribution in [0.25, 0.3) is 0 Å². The number of nitrogens with zero attached hydrogens (tertiary/aromatic N) is 1. The summed E-state index contributed by atoms with van der Waals surface area (Å²) in [4.78, 5) is 13.0. The molecule has 3 heteroatoms. The van der Waals surface area contributed by atoms with Gasteiger partial charge in [0.25, 0.3) is 0 Å². The third-order valence-corrected chi connectivity index (χ3v) is 2.19. The van der Waals surface area contributed by atoms with Gasteiger partial charge in [0.1, 0.15) is 0 Å². The molecule has 0 radical (unpaired) electrons. The molecular formula is C8H17NOS. The van der Waals surface area contributed by atoms with Crippen molar-refractivity contribution in [3.8, 4) is 0 Å². The maximum absolute atomic E-state index is 11.2. The molecule has 1 amide bonds. The van der Waals surface area contributed by atoms with Crippen LogP contribution in [-0.2, 0) is 4.79 Å². The fourth-order valence-corrected chi connectivity index (χ4v) is 0.983. The fourth-order valence-electron chi connectivity index (χ4n) is 0.792. The summed E-state index contributed by atoms with van der Waals surface area (Å²) in [7, 11) is 1.85. The van der Waals surface area contributed by atoms with E-state index >= 15 is 0 Å². The minimum absolute atomic E-state index is 0.189. The number of carbonyl (C=O) groups is 1. The monoisotopic (exact) mass is 175 g/mol. The molecule has 0 aliphatic rings. The highest BCUT2D eigenvalue weighted by Crippen LogP contribution is 2.02. The Labute approximate surface area is 74.4 Å². The van der Waals surface area contributed by atoms with Crippen LogP contribution in [0.4, 0.5) is 0 Å². The van der Waals surface area contributed by atoms with E-state index < -0.39 is 0 Å². The van der Waals surface area contributed by atoms with Crippen molar-refractivity contribution < 1.29 is 4.79 Å². The minimum atomic E-state index is 0.189. The van der Waals surface area contributed by atoms with Gasteiger partial charge >= 0.3 is 0 Å². The molecule has 0 aromatic heterocycles. The Morgan fingerprint density at radius 2 is 2.18 bits per heavy atom. The predicted octanol–water partition coefficient (Wildman–Crippen LogP) is 1.56. The van der Waals surface area contributed by atoms with Gasteiger partial charge in [0.05, 0.1) is 0 Å². The molecule has 0 rings (SSSR count). The lowest BCUT2D eigenvalue weighted by Gasteiger charge is -2.23. The standard InChI is InChI=1S/C8H17NOS/c1-4-7(2)9(3)8(10)5-6-11/h7,11H,4-6H2,1-3H3/t7-/m0/s1. The highest BCUT2D eigenvalue weighted by Gasteiger charge is 2.12. The van der Waals surface area contributed by atoms with E-state index in [0.29, 0.717) is 18.2 Å². The van der Waals surface area contributed by atoms with Gasteiger partial charge in [-0.1, -0.05) is 6.92 Å². The van der Waals surface area contributed by atoms with E-state index in [2.05, 4.69) is 26.5 Å². The lowest BCUT2D eigenvalue weighted by Crippen LogP contribution is -2.34. The van der Waals surface area contributed by atoms with Crippen molar-refractivity contribution >= 4 is 18.5 Å². The van der Waals surface area contributed by atoms with Crippen molar-refractivity contribution in [2.24, 2.45) is 0 Å². The molecule has 0 N–H and O–H groups in total. The number of hydrogen-bond acceptors (Lipinski definition) is 2. The van der Waals surface area contributed by atoms with Crippen LogP contribution in [0.1, 0.15) is 26.7 Å². The highest BCUT2D eigenvalue weighted by atomic mass is 32.1. The first-order valence-corrected chi connectivity index (χ1v) is 4.63. The lowest BCUT2D eigenvalue weighted by molar-refractivity contribution is -0.131. The van der Waals surface area contributed by atoms with Crippen LogP contribution in [0.2, 0.25) is 0 Å². The Morgan fingerprint density at radius 1 is 1.64 bits per heavy atom. The molecule has 11 heavy (non-hydrogen) atoms. The van der Waals surface area contributed by atoms with Gasteiger partial charge in [-0.2, -0.15) is 12.6 Å². The fraction of sp³-hybridized carbons (Fsp3) is 0.875. The summed E-state index contributed by atoms with van der Waals surface area (Å²) < 4.78 is 0. The summed E-state index contributed by atoms with van der Waals surface area (Å²) in [5, 5.41) is 0. The first kappa shape index (κ1) is 10.8. The second-order valence-corrected chi connectivity index (χ2v) is 3.18. The Bertz CT molecular complexity index is 127. The van der Waals surface area contributed by atoms with E-state index in [1.165, 1.54) is 0 Å². The molecule has 0 aliphatic heterocycles. The summed E-state index contributed by atoms with van der Waals surface area (Å²) in [5.41, 5.74) is 0. The largest absolute Gasteiger partial charge is 0.343 e. The van der Waals surface area contributed by atoms with Gasteiger partial charge in [-0.25, -0.2) is 0 Å². The van der Waals surface area contributed by atoms with Gasteiger partial charge in [0.15, 0.2) is 0 Å². The van der Waals surface area contributed by atoms with Gasteiger partial charge in [-0.3, -0.25) is 4.79 Å². The Balaban J connectivity index is 3.80. The van der Waals surface area contributed by atoms with Gasteiger partial charge in [0, 0.05) is 19.5 Å². The van der Waals surface area contributed by atoms with Crippen LogP contribution in [-0.4, -0.2) is 29.6 Å². The van der Waals surface area contributed by atoms with E-state index in [-0.39, 0.29) is 5.91 Å². The Morgan fingerprint density at radius 3 is 2.55 bits per heavy atom. The first-order valence-electron chi connectivity index (χ1n) is 4.00. The minimum Gasteiger partial charge on any atom is -0.343 e. The van der Waals surface area contributed by atoms with Crippen molar-refractivity contribution in [3.63, 3.8) is 0 Å². The molecule has 0 aromatic rings. The first-order chi connectivity index (χ1) is 5.13. The molecule has 0 spiro atoms. The topological polar surface area (TPSA) is 20.3 Å². The molecule has 66 valence electrons. The molecule has 0 saturated carbocycles. The van der Waals surface area contributed by atoms with Gasteiger partial charge in [0.2, 0.25) is 5.91 Å². The number of rotatable bonds is 4. The average molecular weight is 175 g/mol. The van der Waals surface area contributed by atoms with Crippen LogP contribution >= 0.6 is 12.6 Å². The van der Waals surface area contributed by atoms with Crippen molar-refractivity contribution in [1.29, 1.82) is 0 Å². The van der Waals surface area contributed by atoms with Crippen LogP contribution in [0.15, 0.2) is 0 Å². The maximum atomic E-state index is 11.2. The zero-order valence-electron chi connectivity index (χ0n) is 7.50. The second-order valence-electron chi connectivity index (χ2n) is 2.74. The summed E-state index contributed by atoms with van der Waals surface area (Å²) in [6, 6.07) is 0.349. The van der Waals surface area contributed by atoms with E-state index in [9.17, 15) is 4.79 Å². The zero-order valence-corrected chi connectivity index (χ0v) is 8.40. The van der Waals surface area contributed by atoms with Crippen LogP contribution in [0.5, 0.6) is 0 Å². The predicted molar refractivity (Wildman–Crippen MR) is 51.0 cm³/mol. The quantitative estimate of drug-likeness (QED) is 0.643. The summed E-state index contributed by atoms with van der Waals surface area (Å²) in [5.74, 6) is 0.828. The van der Waals surface area contributed by atoms with Crippen LogP contribution in [0, 0.1) is 0 Å². The lowest BCUT2D eigenvalue weighted by atomic mass is 10.2. The summed E-state index contributed by atoms with van der Waals surface area (Å²) in [6.07, 6.45) is 1.55. The third kappa shape index (κ3) is 3.65. The number of thiol groups is 1. The molecule has 0 fully saturated rings. The number of carbonyl (C=O) groups excluding carboxylic acids is 1. The molecule has 0 bridgehead atoms. The molecule has 0 heterocycles. The van der Waals surface area contributed by atoms with E-state index in [1.54, 1.807) is 4.90 Å². The molecule has 0 unspecified atom stereocenters. The normalized spacial score (nSPS) is 12.7. The van der Waals surface area contributed by atoms with E-state index in [1.807, 2.05) is 7.05 Å². The maximum Gasteiger partial charge on any atom is 0.223 e. The summed E-state index contributed by atoms with van der Waals surface area (Å²) in [6.45, 7) is 4.13. The molecule has 2 nitrogen and oxygen atoms in total. The number of hydrogen-bond donors (Lipinski definition) is 1. The molecule has 0 aromatic carbocycles. The Kier molecular flexibility index (Phi) is 5.38. The van der Waals surface area contributed by atoms with E-state index in [4.69, 9.17) is 0 Å². The number of amides is 1. The van der Waals surface area contributed by atoms with E-state index in [0.717, 1.165) is 6.42 Å².